The third-order valence-electron chi connectivity index (χ3n) is 4.32. The molecule has 3 rings (SSSR count). The summed E-state index contributed by atoms with van der Waals surface area (Å²) in [5.74, 6) is 2.09. The fourth-order valence-corrected chi connectivity index (χ4v) is 3.21. The molecule has 0 fully saturated rings. The van der Waals surface area contributed by atoms with Crippen molar-refractivity contribution in [3.8, 4) is 23.0 Å². The molecule has 0 aromatic heterocycles. The van der Waals surface area contributed by atoms with E-state index in [1.807, 2.05) is 31.2 Å². The molecule has 0 bridgehead atoms. The number of carbonyl (C=O) groups excluding carboxylic acids is 1. The smallest absolute Gasteiger partial charge is 0.253 e. The zero-order valence-corrected chi connectivity index (χ0v) is 17.0. The normalized spacial score (nSPS) is 15.1. The van der Waals surface area contributed by atoms with Gasteiger partial charge in [0.2, 0.25) is 0 Å². The maximum absolute atomic E-state index is 12.9. The standard InChI is InChI=1S/C21H24ClNO5/c1-4-9-26-20-16(22)10-14(11-19(20)25-3)21(24)23(2)12-15-13-27-17-7-5-6-8-18(17)28-15/h5-8,10-11,15H,4,9,12-13H2,1-3H3. The third kappa shape index (κ3) is 4.44. The minimum absolute atomic E-state index is 0.190. The molecule has 1 aliphatic heterocycles. The number of halogens is 1. The van der Waals surface area contributed by atoms with Crippen molar-refractivity contribution >= 4 is 17.5 Å². The lowest BCUT2D eigenvalue weighted by Gasteiger charge is -2.29. The lowest BCUT2D eigenvalue weighted by Crippen LogP contribution is -2.41. The van der Waals surface area contributed by atoms with Crippen LogP contribution in [0.4, 0.5) is 0 Å². The van der Waals surface area contributed by atoms with E-state index in [1.54, 1.807) is 24.1 Å². The highest BCUT2D eigenvalue weighted by molar-refractivity contribution is 6.32. The van der Waals surface area contributed by atoms with Crippen LogP contribution in [0.15, 0.2) is 36.4 Å². The summed E-state index contributed by atoms with van der Waals surface area (Å²) in [4.78, 5) is 14.5. The summed E-state index contributed by atoms with van der Waals surface area (Å²) in [6.07, 6.45) is 0.587. The van der Waals surface area contributed by atoms with Crippen molar-refractivity contribution in [1.29, 1.82) is 0 Å². The number of nitrogens with zero attached hydrogens (tertiary/aromatic N) is 1. The second-order valence-corrected chi connectivity index (χ2v) is 6.93. The molecule has 1 amide bonds. The maximum Gasteiger partial charge on any atom is 0.253 e. The number of likely N-dealkylation sites (N-methyl/N-ethyl adjacent to an activating group) is 1. The van der Waals surface area contributed by atoms with Gasteiger partial charge in [0.25, 0.3) is 5.91 Å². The molecule has 7 heteroatoms. The minimum atomic E-state index is -0.256. The van der Waals surface area contributed by atoms with E-state index in [4.69, 9.17) is 30.5 Å². The molecule has 1 heterocycles. The third-order valence-corrected chi connectivity index (χ3v) is 4.60. The van der Waals surface area contributed by atoms with E-state index in [-0.39, 0.29) is 12.0 Å². The van der Waals surface area contributed by atoms with E-state index in [2.05, 4.69) is 0 Å². The van der Waals surface area contributed by atoms with Crippen LogP contribution in [0, 0.1) is 0 Å². The molecule has 0 saturated heterocycles. The van der Waals surface area contributed by atoms with Crippen LogP contribution < -0.4 is 18.9 Å². The Morgan fingerprint density at radius 3 is 2.75 bits per heavy atom. The first kappa shape index (κ1) is 20.1. The number of carbonyl (C=O) groups is 1. The van der Waals surface area contributed by atoms with E-state index in [0.717, 1.165) is 6.42 Å². The Morgan fingerprint density at radius 1 is 1.29 bits per heavy atom. The number of rotatable bonds is 7. The Hall–Kier alpha value is -2.60. The van der Waals surface area contributed by atoms with Gasteiger partial charge in [-0.05, 0) is 30.7 Å². The molecule has 2 aromatic rings. The van der Waals surface area contributed by atoms with Crippen molar-refractivity contribution in [2.24, 2.45) is 0 Å². The second-order valence-electron chi connectivity index (χ2n) is 6.52. The van der Waals surface area contributed by atoms with Crippen LogP contribution in [-0.4, -0.2) is 50.8 Å². The van der Waals surface area contributed by atoms with Crippen LogP contribution in [0.25, 0.3) is 0 Å². The molecule has 2 aromatic carbocycles. The maximum atomic E-state index is 12.9. The highest BCUT2D eigenvalue weighted by Crippen LogP contribution is 2.37. The molecule has 1 aliphatic rings. The first-order chi connectivity index (χ1) is 13.5. The summed E-state index contributed by atoms with van der Waals surface area (Å²) < 4.78 is 22.6. The summed E-state index contributed by atoms with van der Waals surface area (Å²) in [5.41, 5.74) is 0.422. The average Bonchev–Trinajstić information content (AvgIpc) is 2.71. The van der Waals surface area contributed by atoms with E-state index in [9.17, 15) is 4.79 Å². The molecule has 1 atom stereocenters. The molecule has 0 saturated carbocycles. The van der Waals surface area contributed by atoms with Crippen molar-refractivity contribution in [3.05, 3.63) is 47.0 Å². The first-order valence-electron chi connectivity index (χ1n) is 9.17. The van der Waals surface area contributed by atoms with Crippen molar-refractivity contribution in [1.82, 2.24) is 4.90 Å². The van der Waals surface area contributed by atoms with Gasteiger partial charge in [-0.15, -0.1) is 0 Å². The van der Waals surface area contributed by atoms with Gasteiger partial charge in [-0.1, -0.05) is 30.7 Å². The van der Waals surface area contributed by atoms with E-state index < -0.39 is 0 Å². The van der Waals surface area contributed by atoms with Crippen LogP contribution in [0.5, 0.6) is 23.0 Å². The first-order valence-corrected chi connectivity index (χ1v) is 9.55. The van der Waals surface area contributed by atoms with Crippen molar-refractivity contribution < 1.29 is 23.7 Å². The SMILES string of the molecule is CCCOc1c(Cl)cc(C(=O)N(C)CC2COc3ccccc3O2)cc1OC. The lowest BCUT2D eigenvalue weighted by atomic mass is 10.1. The molecule has 0 aliphatic carbocycles. The highest BCUT2D eigenvalue weighted by atomic mass is 35.5. The van der Waals surface area contributed by atoms with Crippen LogP contribution in [0.3, 0.4) is 0 Å². The summed E-state index contributed by atoms with van der Waals surface area (Å²) in [5, 5.41) is 0.343. The number of ether oxygens (including phenoxy) is 4. The quantitative estimate of drug-likeness (QED) is 0.695. The molecule has 0 radical (unpaired) electrons. The molecule has 150 valence electrons. The number of para-hydroxylation sites is 2. The summed E-state index contributed by atoms with van der Waals surface area (Å²) in [7, 11) is 3.24. The summed E-state index contributed by atoms with van der Waals surface area (Å²) >= 11 is 6.33. The fraction of sp³-hybridized carbons (Fsp3) is 0.381. The largest absolute Gasteiger partial charge is 0.493 e. The van der Waals surface area contributed by atoms with Gasteiger partial charge in [-0.2, -0.15) is 0 Å². The van der Waals surface area contributed by atoms with Crippen LogP contribution >= 0.6 is 11.6 Å². The monoisotopic (exact) mass is 405 g/mol. The number of hydrogen-bond acceptors (Lipinski definition) is 5. The van der Waals surface area contributed by atoms with E-state index >= 15 is 0 Å². The molecular weight excluding hydrogens is 382 g/mol. The zero-order valence-electron chi connectivity index (χ0n) is 16.2. The Kier molecular flexibility index (Phi) is 6.52. The molecule has 28 heavy (non-hydrogen) atoms. The second kappa shape index (κ2) is 9.06. The van der Waals surface area contributed by atoms with Gasteiger partial charge in [0, 0.05) is 12.6 Å². The van der Waals surface area contributed by atoms with E-state index in [0.29, 0.717) is 53.3 Å². The number of benzene rings is 2. The van der Waals surface area contributed by atoms with Crippen LogP contribution in [0.1, 0.15) is 23.7 Å². The van der Waals surface area contributed by atoms with Gasteiger partial charge in [0.1, 0.15) is 6.61 Å². The molecule has 6 nitrogen and oxygen atoms in total. The van der Waals surface area contributed by atoms with Crippen molar-refractivity contribution in [3.63, 3.8) is 0 Å². The molecule has 0 N–H and O–H groups in total. The Labute approximate surface area is 169 Å². The lowest BCUT2D eigenvalue weighted by molar-refractivity contribution is 0.0520. The topological polar surface area (TPSA) is 57.2 Å². The molecule has 0 spiro atoms. The van der Waals surface area contributed by atoms with Crippen LogP contribution in [-0.2, 0) is 0 Å². The Bertz CT molecular complexity index is 842. The Morgan fingerprint density at radius 2 is 2.04 bits per heavy atom. The van der Waals surface area contributed by atoms with Crippen molar-refractivity contribution in [2.75, 3.05) is 33.9 Å². The summed E-state index contributed by atoms with van der Waals surface area (Å²) in [6.45, 7) is 3.27. The van der Waals surface area contributed by atoms with Gasteiger partial charge >= 0.3 is 0 Å². The summed E-state index contributed by atoms with van der Waals surface area (Å²) in [6, 6.07) is 10.7. The Balaban J connectivity index is 1.70. The minimum Gasteiger partial charge on any atom is -0.493 e. The predicted molar refractivity (Wildman–Crippen MR) is 107 cm³/mol. The number of methoxy groups -OCH3 is 1. The number of hydrogen-bond donors (Lipinski definition) is 0. The van der Waals surface area contributed by atoms with Gasteiger partial charge in [0.05, 0.1) is 25.3 Å². The number of fused-ring (bicyclic) bond motifs is 1. The highest BCUT2D eigenvalue weighted by Gasteiger charge is 2.25. The fourth-order valence-electron chi connectivity index (χ4n) is 2.95. The van der Waals surface area contributed by atoms with Gasteiger partial charge in [0.15, 0.2) is 29.1 Å². The van der Waals surface area contributed by atoms with Gasteiger partial charge < -0.3 is 23.8 Å². The average molecular weight is 406 g/mol. The van der Waals surface area contributed by atoms with Gasteiger partial charge in [-0.3, -0.25) is 4.79 Å². The van der Waals surface area contributed by atoms with Crippen LogP contribution in [0.2, 0.25) is 5.02 Å². The predicted octanol–water partition coefficient (Wildman–Crippen LogP) is 4.05. The molecular formula is C21H24ClNO5. The van der Waals surface area contributed by atoms with Gasteiger partial charge in [-0.25, -0.2) is 0 Å². The number of amides is 1. The van der Waals surface area contributed by atoms with Crippen molar-refractivity contribution in [2.45, 2.75) is 19.4 Å². The zero-order chi connectivity index (χ0) is 20.1. The van der Waals surface area contributed by atoms with E-state index in [1.165, 1.54) is 7.11 Å². The molecule has 1 unspecified atom stereocenters.